The van der Waals surface area contributed by atoms with Crippen LogP contribution in [0, 0.1) is 11.3 Å². The van der Waals surface area contributed by atoms with Crippen molar-refractivity contribution in [2.75, 3.05) is 0 Å². The predicted octanol–water partition coefficient (Wildman–Crippen LogP) is 4.15. The molecule has 166 valence electrons. The van der Waals surface area contributed by atoms with Crippen LogP contribution < -0.4 is 4.72 Å². The second kappa shape index (κ2) is 7.28. The SMILES string of the molecule is N#Cc1c(-c2ccc(S(=O)(=O)NC3CC3)cn2)n(C2CCC2)c2ncc(C(F)(F)F)cc12. The van der Waals surface area contributed by atoms with Crippen LogP contribution in [0.3, 0.4) is 0 Å². The normalized spacial score (nSPS) is 17.3. The fraction of sp³-hybridized carbons (Fsp3) is 0.381. The molecule has 0 radical (unpaired) electrons. The number of halogens is 3. The molecule has 1 N–H and O–H groups in total. The van der Waals surface area contributed by atoms with Gasteiger partial charge in [0.05, 0.1) is 22.5 Å². The zero-order valence-electron chi connectivity index (χ0n) is 16.7. The third-order valence-corrected chi connectivity index (χ3v) is 7.42. The number of nitrogens with one attached hydrogen (secondary N) is 1. The van der Waals surface area contributed by atoms with Crippen molar-refractivity contribution in [1.82, 2.24) is 19.3 Å². The quantitative estimate of drug-likeness (QED) is 0.615. The van der Waals surface area contributed by atoms with Gasteiger partial charge in [-0.3, -0.25) is 4.98 Å². The lowest BCUT2D eigenvalue weighted by Crippen LogP contribution is -2.25. The van der Waals surface area contributed by atoms with Crippen LogP contribution in [0.15, 0.2) is 35.5 Å². The molecule has 5 rings (SSSR count). The fourth-order valence-corrected chi connectivity index (χ4v) is 5.12. The third-order valence-electron chi connectivity index (χ3n) is 5.91. The lowest BCUT2D eigenvalue weighted by Gasteiger charge is -2.29. The summed E-state index contributed by atoms with van der Waals surface area (Å²) in [5.74, 6) is 0. The van der Waals surface area contributed by atoms with Crippen molar-refractivity contribution in [1.29, 1.82) is 5.26 Å². The van der Waals surface area contributed by atoms with E-state index in [1.165, 1.54) is 18.3 Å². The Hall–Kier alpha value is -2.97. The summed E-state index contributed by atoms with van der Waals surface area (Å²) in [7, 11) is -3.70. The van der Waals surface area contributed by atoms with E-state index in [0.717, 1.165) is 44.4 Å². The Morgan fingerprint density at radius 3 is 2.41 bits per heavy atom. The van der Waals surface area contributed by atoms with Crippen LogP contribution >= 0.6 is 0 Å². The van der Waals surface area contributed by atoms with Crippen molar-refractivity contribution in [3.05, 3.63) is 41.7 Å². The van der Waals surface area contributed by atoms with E-state index in [1.807, 2.05) is 6.07 Å². The minimum absolute atomic E-state index is 0.00422. The highest BCUT2D eigenvalue weighted by Gasteiger charge is 2.34. The summed E-state index contributed by atoms with van der Waals surface area (Å²) in [6, 6.07) is 5.77. The smallest absolute Gasteiger partial charge is 0.320 e. The number of fused-ring (bicyclic) bond motifs is 1. The van der Waals surface area contributed by atoms with Crippen molar-refractivity contribution < 1.29 is 21.6 Å². The van der Waals surface area contributed by atoms with E-state index in [4.69, 9.17) is 0 Å². The van der Waals surface area contributed by atoms with Gasteiger partial charge in [-0.1, -0.05) is 0 Å². The van der Waals surface area contributed by atoms with E-state index >= 15 is 0 Å². The largest absolute Gasteiger partial charge is 0.417 e. The average molecular weight is 461 g/mol. The van der Waals surface area contributed by atoms with E-state index in [2.05, 4.69) is 14.7 Å². The summed E-state index contributed by atoms with van der Waals surface area (Å²) >= 11 is 0. The summed E-state index contributed by atoms with van der Waals surface area (Å²) in [6.45, 7) is 0. The Balaban J connectivity index is 1.66. The van der Waals surface area contributed by atoms with E-state index in [0.29, 0.717) is 17.0 Å². The lowest BCUT2D eigenvalue weighted by atomic mass is 9.92. The highest BCUT2D eigenvalue weighted by Crippen LogP contribution is 2.42. The molecule has 0 atom stereocenters. The van der Waals surface area contributed by atoms with Crippen molar-refractivity contribution >= 4 is 21.1 Å². The molecule has 3 aromatic rings. The highest BCUT2D eigenvalue weighted by molar-refractivity contribution is 7.89. The zero-order valence-corrected chi connectivity index (χ0v) is 17.5. The summed E-state index contributed by atoms with van der Waals surface area (Å²) in [6.07, 6.45) is 1.56. The number of nitriles is 1. The van der Waals surface area contributed by atoms with Gasteiger partial charge in [0.2, 0.25) is 10.0 Å². The summed E-state index contributed by atoms with van der Waals surface area (Å²) < 4.78 is 69.0. The van der Waals surface area contributed by atoms with E-state index < -0.39 is 21.8 Å². The molecule has 3 aromatic heterocycles. The number of pyridine rings is 2. The van der Waals surface area contributed by atoms with Gasteiger partial charge in [-0.05, 0) is 50.3 Å². The molecule has 0 spiro atoms. The molecule has 2 aliphatic carbocycles. The van der Waals surface area contributed by atoms with Crippen LogP contribution in [0.1, 0.15) is 49.3 Å². The van der Waals surface area contributed by atoms with Crippen LogP contribution in [0.2, 0.25) is 0 Å². The van der Waals surface area contributed by atoms with Crippen LogP contribution in [-0.4, -0.2) is 29.0 Å². The Bertz CT molecular complexity index is 1350. The summed E-state index contributed by atoms with van der Waals surface area (Å²) in [4.78, 5) is 8.33. The summed E-state index contributed by atoms with van der Waals surface area (Å²) in [5, 5.41) is 9.95. The molecule has 2 aliphatic rings. The van der Waals surface area contributed by atoms with Gasteiger partial charge in [0.25, 0.3) is 0 Å². The maximum Gasteiger partial charge on any atom is 0.417 e. The molecule has 0 aliphatic heterocycles. The van der Waals surface area contributed by atoms with Gasteiger partial charge in [0.1, 0.15) is 16.6 Å². The van der Waals surface area contributed by atoms with Crippen LogP contribution in [-0.2, 0) is 16.2 Å². The van der Waals surface area contributed by atoms with Gasteiger partial charge in [0, 0.05) is 29.9 Å². The number of hydrogen-bond acceptors (Lipinski definition) is 5. The molecule has 11 heteroatoms. The highest BCUT2D eigenvalue weighted by atomic mass is 32.2. The topological polar surface area (TPSA) is 101 Å². The van der Waals surface area contributed by atoms with Crippen molar-refractivity contribution in [2.45, 2.75) is 55.3 Å². The third kappa shape index (κ3) is 3.53. The van der Waals surface area contributed by atoms with Gasteiger partial charge in [-0.25, -0.2) is 18.1 Å². The van der Waals surface area contributed by atoms with Gasteiger partial charge in [-0.2, -0.15) is 18.4 Å². The van der Waals surface area contributed by atoms with Crippen molar-refractivity contribution in [3.8, 4) is 17.5 Å². The zero-order chi connectivity index (χ0) is 22.7. The minimum atomic E-state index is -4.59. The monoisotopic (exact) mass is 461 g/mol. The Morgan fingerprint density at radius 1 is 1.12 bits per heavy atom. The maximum absolute atomic E-state index is 13.3. The average Bonchev–Trinajstić information content (AvgIpc) is 3.45. The number of nitrogens with zero attached hydrogens (tertiary/aromatic N) is 4. The van der Waals surface area contributed by atoms with Crippen molar-refractivity contribution in [3.63, 3.8) is 0 Å². The Labute approximate surface area is 182 Å². The molecular weight excluding hydrogens is 443 g/mol. The van der Waals surface area contributed by atoms with Gasteiger partial charge >= 0.3 is 6.18 Å². The second-order valence-electron chi connectivity index (χ2n) is 8.16. The first kappa shape index (κ1) is 20.9. The van der Waals surface area contributed by atoms with Crippen LogP contribution in [0.5, 0.6) is 0 Å². The van der Waals surface area contributed by atoms with Crippen LogP contribution in [0.4, 0.5) is 13.2 Å². The molecule has 0 unspecified atom stereocenters. The first-order valence-corrected chi connectivity index (χ1v) is 11.7. The first-order valence-electron chi connectivity index (χ1n) is 10.2. The molecule has 0 amide bonds. The van der Waals surface area contributed by atoms with E-state index in [1.54, 1.807) is 4.57 Å². The van der Waals surface area contributed by atoms with E-state index in [9.17, 15) is 26.9 Å². The van der Waals surface area contributed by atoms with Gasteiger partial charge in [0.15, 0.2) is 0 Å². The Morgan fingerprint density at radius 2 is 1.88 bits per heavy atom. The maximum atomic E-state index is 13.3. The molecule has 2 fully saturated rings. The molecule has 0 aromatic carbocycles. The standard InChI is InChI=1S/C21H18F3N5O2S/c22-21(23,24)12-8-16-17(9-25)19(29(14-2-1-3-14)20(16)27-10-12)18-7-6-15(11-26-18)32(30,31)28-13-4-5-13/h6-8,10-11,13-14,28H,1-5H2. The number of hydrogen-bond donors (Lipinski definition) is 1. The molecule has 7 nitrogen and oxygen atoms in total. The lowest BCUT2D eigenvalue weighted by molar-refractivity contribution is -0.137. The van der Waals surface area contributed by atoms with Gasteiger partial charge in [-0.15, -0.1) is 0 Å². The number of rotatable bonds is 5. The molecule has 2 saturated carbocycles. The van der Waals surface area contributed by atoms with E-state index in [-0.39, 0.29) is 27.9 Å². The van der Waals surface area contributed by atoms with Crippen molar-refractivity contribution in [2.24, 2.45) is 0 Å². The molecule has 0 saturated heterocycles. The number of sulfonamides is 1. The summed E-state index contributed by atoms with van der Waals surface area (Å²) in [5.41, 5.74) is 0.0794. The van der Waals surface area contributed by atoms with Crippen LogP contribution in [0.25, 0.3) is 22.4 Å². The first-order chi connectivity index (χ1) is 15.2. The molecule has 32 heavy (non-hydrogen) atoms. The second-order valence-corrected chi connectivity index (χ2v) is 9.87. The molecular formula is C21H18F3N5O2S. The molecule has 0 bridgehead atoms. The minimum Gasteiger partial charge on any atom is -0.320 e. The molecule has 3 heterocycles. The van der Waals surface area contributed by atoms with Gasteiger partial charge < -0.3 is 4.57 Å². The predicted molar refractivity (Wildman–Crippen MR) is 109 cm³/mol. The Kier molecular flexibility index (Phi) is 4.76. The number of alkyl halides is 3. The fourth-order valence-electron chi connectivity index (χ4n) is 3.88. The number of aromatic nitrogens is 3.